The Labute approximate surface area is 560 Å². The molecule has 0 unspecified atom stereocenters. The number of nitrogens with one attached hydrogen (secondary N) is 13. The van der Waals surface area contributed by atoms with Crippen LogP contribution in [0.15, 0.2) is 63.1 Å². The highest BCUT2D eigenvalue weighted by molar-refractivity contribution is 5.99. The fourth-order valence-corrected chi connectivity index (χ4v) is 8.86. The van der Waals surface area contributed by atoms with Crippen LogP contribution in [0, 0.1) is 0 Å². The van der Waals surface area contributed by atoms with Crippen LogP contribution in [0.3, 0.4) is 0 Å². The number of amides is 13. The fraction of sp³-hybridized carbons (Fsp3) is 0.576. The van der Waals surface area contributed by atoms with Crippen molar-refractivity contribution in [2.45, 2.75) is 158 Å². The number of carbonyl (C=O) groups excluding carboxylic acids is 13. The number of aliphatic imine (C=N–C) groups is 2. The van der Waals surface area contributed by atoms with Crippen LogP contribution in [0.1, 0.15) is 96.3 Å². The molecule has 0 aliphatic heterocycles. The average molecular weight is 1370 g/mol. The van der Waals surface area contributed by atoms with Gasteiger partial charge < -0.3 is 124 Å². The van der Waals surface area contributed by atoms with E-state index in [4.69, 9.17) is 44.6 Å². The smallest absolute Gasteiger partial charge is 0.245 e. The molecule has 1 heterocycles. The van der Waals surface area contributed by atoms with Crippen molar-refractivity contribution >= 4 is 88.7 Å². The second-order valence-corrected chi connectivity index (χ2v) is 22.4. The molecule has 0 aliphatic carbocycles. The van der Waals surface area contributed by atoms with Crippen molar-refractivity contribution in [1.82, 2.24) is 69.1 Å². The Balaban J connectivity index is 2.16. The minimum Gasteiger partial charge on any atom is -0.468 e. The van der Waals surface area contributed by atoms with Crippen LogP contribution in [-0.4, -0.2) is 218 Å². The highest BCUT2D eigenvalue weighted by Gasteiger charge is 2.34. The Morgan fingerprint density at radius 2 is 0.897 bits per heavy atom. The molecule has 0 saturated carbocycles. The topological polar surface area (TPSA) is 639 Å². The van der Waals surface area contributed by atoms with Gasteiger partial charge in [0.15, 0.2) is 11.9 Å². The minimum atomic E-state index is -1.73. The van der Waals surface area contributed by atoms with Gasteiger partial charge in [-0.3, -0.25) is 72.3 Å². The summed E-state index contributed by atoms with van der Waals surface area (Å²) in [5.41, 5.74) is 39.2. The largest absolute Gasteiger partial charge is 0.468 e. The summed E-state index contributed by atoms with van der Waals surface area (Å²) < 4.78 is 5.18. The average Bonchev–Trinajstić information content (AvgIpc) is 1.20. The van der Waals surface area contributed by atoms with E-state index in [2.05, 4.69) is 79.1 Å². The van der Waals surface area contributed by atoms with Crippen LogP contribution in [0.2, 0.25) is 0 Å². The Morgan fingerprint density at radius 3 is 1.39 bits per heavy atom. The predicted molar refractivity (Wildman–Crippen MR) is 352 cm³/mol. The van der Waals surface area contributed by atoms with E-state index >= 15 is 0 Å². The molecule has 97 heavy (non-hydrogen) atoms. The number of nitrogens with zero attached hydrogens (tertiary/aromatic N) is 2. The van der Waals surface area contributed by atoms with Crippen molar-refractivity contribution in [2.24, 2.45) is 50.1 Å². The molecule has 1 aromatic heterocycles. The highest BCUT2D eigenvalue weighted by Crippen LogP contribution is 2.10. The summed E-state index contributed by atoms with van der Waals surface area (Å²) in [5, 5.41) is 52.9. The molecular weight excluding hydrogens is 1270 g/mol. The number of aliphatic hydroxyl groups is 2. The fourth-order valence-electron chi connectivity index (χ4n) is 8.86. The van der Waals surface area contributed by atoms with Gasteiger partial charge in [0.2, 0.25) is 76.8 Å². The lowest BCUT2D eigenvalue weighted by molar-refractivity contribution is -0.136. The lowest BCUT2D eigenvalue weighted by atomic mass is 10.0. The molecule has 0 fully saturated rings. The highest BCUT2D eigenvalue weighted by atomic mass is 16.3. The van der Waals surface area contributed by atoms with Gasteiger partial charge in [0.25, 0.3) is 0 Å². The summed E-state index contributed by atoms with van der Waals surface area (Å²) in [5.74, 6) is -11.4. The molecule has 38 nitrogen and oxygen atoms in total. The maximum atomic E-state index is 14.1. The predicted octanol–water partition coefficient (Wildman–Crippen LogP) is -9.41. The summed E-state index contributed by atoms with van der Waals surface area (Å²) in [6.45, 7) is 1.42. The molecule has 0 saturated heterocycles. The summed E-state index contributed by atoms with van der Waals surface area (Å²) in [6, 6.07) is -1.16. The number of nitrogens with two attached hydrogens (primary N) is 7. The maximum Gasteiger partial charge on any atom is 0.245 e. The normalized spacial score (nSPS) is 13.9. The minimum absolute atomic E-state index is 0.0240. The summed E-state index contributed by atoms with van der Waals surface area (Å²) in [7, 11) is 0. The molecule has 0 spiro atoms. The zero-order valence-corrected chi connectivity index (χ0v) is 54.8. The van der Waals surface area contributed by atoms with Gasteiger partial charge in [-0.25, -0.2) is 0 Å². The van der Waals surface area contributed by atoms with Crippen molar-refractivity contribution < 1.29 is 77.0 Å². The van der Waals surface area contributed by atoms with Gasteiger partial charge in [-0.15, -0.1) is 0 Å². The van der Waals surface area contributed by atoms with Gasteiger partial charge >= 0.3 is 0 Å². The molecule has 2 aromatic rings. The third-order valence-corrected chi connectivity index (χ3v) is 14.2. The number of guanidine groups is 2. The first-order valence-electron chi connectivity index (χ1n) is 31.5. The lowest BCUT2D eigenvalue weighted by Crippen LogP contribution is -2.60. The number of primary amides is 1. The van der Waals surface area contributed by atoms with Gasteiger partial charge in [-0.05, 0) is 116 Å². The number of furan rings is 1. The first-order valence-corrected chi connectivity index (χ1v) is 31.5. The van der Waals surface area contributed by atoms with Gasteiger partial charge in [0.05, 0.1) is 51.7 Å². The van der Waals surface area contributed by atoms with E-state index in [-0.39, 0.29) is 96.0 Å². The van der Waals surface area contributed by atoms with Crippen molar-refractivity contribution in [3.63, 3.8) is 0 Å². The van der Waals surface area contributed by atoms with Crippen LogP contribution < -0.4 is 109 Å². The number of unbranched alkanes of at least 4 members (excludes halogenated alkanes) is 2. The second kappa shape index (κ2) is 46.1. The Kier molecular flexibility index (Phi) is 39.5. The molecule has 38 heteroatoms. The molecule has 0 aliphatic rings. The first kappa shape index (κ1) is 83.0. The van der Waals surface area contributed by atoms with Gasteiger partial charge in [-0.1, -0.05) is 30.3 Å². The van der Waals surface area contributed by atoms with Gasteiger partial charge in [-0.2, -0.15) is 0 Å². The number of aliphatic hydroxyl groups excluding tert-OH is 2. The van der Waals surface area contributed by atoms with Gasteiger partial charge in [0, 0.05) is 19.5 Å². The standard InChI is InChI=1S/C59H98N22O16/c1-33(73-46(86)31-72-57(96)48(35(3)83)81-55(94)42(26-36-14-5-4-6-15-36)75-47(87)30-71-45(85)29-70-44(84)28-67-27-37-16-13-25-97-37)50(89)77-41(20-12-24-69-59(65)66)53(92)79-39(18-8-10-22-61)54(93)80-43(32-82)56(95)74-34(2)51(90)78-40(19-11-23-68-58(63)64)52(91)76-38(49(62)88)17-7-9-21-60/h4-6,13-16,25,33-35,38-43,48,67,82-83H,7-12,17-24,26-32,60-61H2,1-3H3,(H2,62,88)(H,70,84)(H,71,85)(H,72,96)(H,73,86)(H,74,95)(H,75,87)(H,76,91)(H,77,89)(H,78,90)(H,79,92)(H,80,93)(H,81,94)(H4,63,64,68)(H4,65,66,69)/t33-,34-,35+,38-,39-,40-,41-,42-,43-,48+/m0/s1. The van der Waals surface area contributed by atoms with Crippen LogP contribution in [0.25, 0.3) is 0 Å². The molecule has 13 amide bonds. The summed E-state index contributed by atoms with van der Waals surface area (Å²) >= 11 is 0. The SMILES string of the molecule is C[C@H](NC(=O)CNC(=O)[C@H](NC(=O)[C@H](Cc1ccccc1)NC(=O)CNC(=O)CNC(=O)CNCc1ccco1)[C@@H](C)O)C(=O)N[C@@H](CCCN=C(N)N)C(=O)N[C@@H](CCCCN)C(=O)N[C@@H](CO)C(=O)N[C@@H](C)C(=O)N[C@@H](CCCN=C(N)N)C(=O)N[C@@H](CCCCN)C(N)=O. The zero-order chi connectivity index (χ0) is 72.4. The number of rotatable bonds is 48. The third-order valence-electron chi connectivity index (χ3n) is 14.2. The molecule has 10 atom stereocenters. The molecule has 0 radical (unpaired) electrons. The van der Waals surface area contributed by atoms with Gasteiger partial charge in [0.1, 0.15) is 60.1 Å². The Bertz CT molecular complexity index is 2930. The summed E-state index contributed by atoms with van der Waals surface area (Å²) in [4.78, 5) is 181. The Hall–Kier alpha value is -10.0. The van der Waals surface area contributed by atoms with E-state index in [1.165, 1.54) is 27.0 Å². The molecule has 2 rings (SSSR count). The van der Waals surface area contributed by atoms with E-state index in [1.54, 1.807) is 42.5 Å². The van der Waals surface area contributed by atoms with Crippen molar-refractivity contribution in [3.05, 3.63) is 60.1 Å². The van der Waals surface area contributed by atoms with Crippen LogP contribution >= 0.6 is 0 Å². The summed E-state index contributed by atoms with van der Waals surface area (Å²) in [6.07, 6.45) is 1.52. The van der Waals surface area contributed by atoms with E-state index in [9.17, 15) is 72.5 Å². The number of hydrogen-bond acceptors (Lipinski definition) is 21. The first-order chi connectivity index (χ1) is 46.1. The quantitative estimate of drug-likeness (QED) is 0.0166. The van der Waals surface area contributed by atoms with Crippen LogP contribution in [0.4, 0.5) is 0 Å². The van der Waals surface area contributed by atoms with Crippen LogP contribution in [0.5, 0.6) is 0 Å². The van der Waals surface area contributed by atoms with Crippen molar-refractivity contribution in [3.8, 4) is 0 Å². The molecular formula is C59H98N22O16. The monoisotopic (exact) mass is 1370 g/mol. The maximum absolute atomic E-state index is 14.1. The number of hydrogen-bond donors (Lipinski definition) is 22. The van der Waals surface area contributed by atoms with E-state index < -0.39 is 164 Å². The van der Waals surface area contributed by atoms with Crippen molar-refractivity contribution in [1.29, 1.82) is 0 Å². The number of benzene rings is 1. The molecule has 0 bridgehead atoms. The molecule has 29 N–H and O–H groups in total. The van der Waals surface area contributed by atoms with E-state index in [0.29, 0.717) is 37.1 Å². The lowest BCUT2D eigenvalue weighted by Gasteiger charge is -2.26. The van der Waals surface area contributed by atoms with E-state index in [0.717, 1.165) is 0 Å². The number of carbonyl (C=O) groups is 13. The van der Waals surface area contributed by atoms with Crippen molar-refractivity contribution in [2.75, 3.05) is 59.0 Å². The van der Waals surface area contributed by atoms with E-state index in [1.807, 2.05) is 0 Å². The Morgan fingerprint density at radius 1 is 0.454 bits per heavy atom. The molecule has 1 aromatic carbocycles. The molecule has 540 valence electrons. The third kappa shape index (κ3) is 34.8. The second-order valence-electron chi connectivity index (χ2n) is 22.4. The zero-order valence-electron chi connectivity index (χ0n) is 54.8. The van der Waals surface area contributed by atoms with Crippen LogP contribution in [-0.2, 0) is 75.3 Å².